The molecule has 4 atom stereocenters. The molecule has 0 bridgehead atoms. The zero-order valence-electron chi connectivity index (χ0n) is 13.4. The molecule has 0 aromatic carbocycles. The van der Waals surface area contributed by atoms with Crippen molar-refractivity contribution in [2.75, 3.05) is 7.05 Å². The van der Waals surface area contributed by atoms with Gasteiger partial charge in [0, 0.05) is 13.0 Å². The van der Waals surface area contributed by atoms with Gasteiger partial charge in [-0.3, -0.25) is 4.79 Å². The average molecular weight is 283 g/mol. The second-order valence-electron chi connectivity index (χ2n) is 6.64. The van der Waals surface area contributed by atoms with Gasteiger partial charge in [-0.1, -0.05) is 34.1 Å². The van der Waals surface area contributed by atoms with Gasteiger partial charge in [0.05, 0.1) is 0 Å². The van der Waals surface area contributed by atoms with Gasteiger partial charge in [-0.15, -0.1) is 0 Å². The van der Waals surface area contributed by atoms with Gasteiger partial charge in [-0.2, -0.15) is 0 Å². The summed E-state index contributed by atoms with van der Waals surface area (Å²) in [5, 5.41) is 9.22. The number of rotatable bonds is 5. The summed E-state index contributed by atoms with van der Waals surface area (Å²) >= 11 is 0. The molecule has 116 valence electrons. The van der Waals surface area contributed by atoms with E-state index < -0.39 is 12.0 Å². The number of carbonyl (C=O) groups excluding carboxylic acids is 1. The highest BCUT2D eigenvalue weighted by molar-refractivity contribution is 5.85. The van der Waals surface area contributed by atoms with Crippen molar-refractivity contribution in [3.8, 4) is 0 Å². The van der Waals surface area contributed by atoms with E-state index in [1.165, 1.54) is 11.3 Å². The lowest BCUT2D eigenvalue weighted by molar-refractivity contribution is -0.152. The van der Waals surface area contributed by atoms with Crippen molar-refractivity contribution in [2.24, 2.45) is 23.7 Å². The van der Waals surface area contributed by atoms with Crippen molar-refractivity contribution in [1.82, 2.24) is 4.90 Å². The van der Waals surface area contributed by atoms with E-state index >= 15 is 0 Å². The zero-order chi connectivity index (χ0) is 15.4. The van der Waals surface area contributed by atoms with Crippen LogP contribution in [0.5, 0.6) is 0 Å². The van der Waals surface area contributed by atoms with Crippen LogP contribution in [0.15, 0.2) is 0 Å². The van der Waals surface area contributed by atoms with E-state index in [9.17, 15) is 14.7 Å². The van der Waals surface area contributed by atoms with Gasteiger partial charge in [0.25, 0.3) is 0 Å². The minimum atomic E-state index is -0.909. The first kappa shape index (κ1) is 17.0. The summed E-state index contributed by atoms with van der Waals surface area (Å²) < 4.78 is 0. The van der Waals surface area contributed by atoms with Crippen LogP contribution in [-0.4, -0.2) is 35.0 Å². The molecule has 0 unspecified atom stereocenters. The van der Waals surface area contributed by atoms with Crippen LogP contribution >= 0.6 is 0 Å². The van der Waals surface area contributed by atoms with E-state index in [-0.39, 0.29) is 11.8 Å². The molecule has 4 heteroatoms. The summed E-state index contributed by atoms with van der Waals surface area (Å²) in [6.07, 6.45) is 3.59. The molecule has 0 aromatic rings. The highest BCUT2D eigenvalue weighted by Crippen LogP contribution is 2.39. The van der Waals surface area contributed by atoms with Crippen molar-refractivity contribution in [1.29, 1.82) is 0 Å². The summed E-state index contributed by atoms with van der Waals surface area (Å²) in [4.78, 5) is 25.4. The van der Waals surface area contributed by atoms with E-state index in [1.54, 1.807) is 7.05 Å². The fourth-order valence-electron chi connectivity index (χ4n) is 3.52. The van der Waals surface area contributed by atoms with Gasteiger partial charge in [0.2, 0.25) is 5.91 Å². The van der Waals surface area contributed by atoms with E-state index in [2.05, 4.69) is 20.8 Å². The van der Waals surface area contributed by atoms with Crippen LogP contribution in [0.25, 0.3) is 0 Å². The first-order valence-corrected chi connectivity index (χ1v) is 7.79. The van der Waals surface area contributed by atoms with Crippen molar-refractivity contribution >= 4 is 11.9 Å². The number of hydrogen-bond acceptors (Lipinski definition) is 2. The highest BCUT2D eigenvalue weighted by atomic mass is 16.4. The Morgan fingerprint density at radius 3 is 2.35 bits per heavy atom. The average Bonchev–Trinajstić information content (AvgIpc) is 2.37. The third-order valence-electron chi connectivity index (χ3n) is 4.83. The number of carbonyl (C=O) groups is 2. The number of carboxylic acid groups (broad SMARTS) is 1. The maximum atomic E-state index is 12.7. The van der Waals surface area contributed by atoms with Crippen LogP contribution in [0.4, 0.5) is 0 Å². The zero-order valence-corrected chi connectivity index (χ0v) is 13.4. The van der Waals surface area contributed by atoms with Gasteiger partial charge in [0.1, 0.15) is 6.04 Å². The molecule has 1 fully saturated rings. The molecule has 1 amide bonds. The van der Waals surface area contributed by atoms with Gasteiger partial charge in [-0.05, 0) is 37.0 Å². The van der Waals surface area contributed by atoms with Crippen LogP contribution in [0, 0.1) is 23.7 Å². The molecule has 4 nitrogen and oxygen atoms in total. The molecule has 0 radical (unpaired) electrons. The summed E-state index contributed by atoms with van der Waals surface area (Å²) in [6.45, 7) is 8.32. The normalized spacial score (nSPS) is 28.2. The van der Waals surface area contributed by atoms with Gasteiger partial charge in [0.15, 0.2) is 0 Å². The summed E-state index contributed by atoms with van der Waals surface area (Å²) in [5.41, 5.74) is 0. The lowest BCUT2D eigenvalue weighted by atomic mass is 9.69. The molecular weight excluding hydrogens is 254 g/mol. The molecule has 1 N–H and O–H groups in total. The predicted octanol–water partition coefficient (Wildman–Crippen LogP) is 3.02. The van der Waals surface area contributed by atoms with Crippen molar-refractivity contribution in [3.05, 3.63) is 0 Å². The second kappa shape index (κ2) is 7.09. The third-order valence-corrected chi connectivity index (χ3v) is 4.83. The Hall–Kier alpha value is -1.06. The number of aliphatic carboxylic acids is 1. The lowest BCUT2D eigenvalue weighted by Gasteiger charge is -2.39. The summed E-state index contributed by atoms with van der Waals surface area (Å²) in [7, 11) is 1.64. The predicted molar refractivity (Wildman–Crippen MR) is 79.3 cm³/mol. The van der Waals surface area contributed by atoms with E-state index in [1.807, 2.05) is 6.92 Å². The Morgan fingerprint density at radius 2 is 1.90 bits per heavy atom. The Balaban J connectivity index is 2.88. The van der Waals surface area contributed by atoms with Crippen molar-refractivity contribution in [2.45, 2.75) is 59.4 Å². The molecule has 0 aromatic heterocycles. The summed E-state index contributed by atoms with van der Waals surface area (Å²) in [5.74, 6) is 0.495. The van der Waals surface area contributed by atoms with Gasteiger partial charge >= 0.3 is 5.97 Å². The summed E-state index contributed by atoms with van der Waals surface area (Å²) in [6, 6.07) is -0.701. The Kier molecular flexibility index (Phi) is 6.03. The molecule has 1 aliphatic rings. The molecule has 1 rings (SSSR count). The minimum Gasteiger partial charge on any atom is -0.480 e. The Morgan fingerprint density at radius 1 is 1.30 bits per heavy atom. The number of carboxylic acids is 1. The number of hydrogen-bond donors (Lipinski definition) is 1. The van der Waals surface area contributed by atoms with Crippen LogP contribution in [0.1, 0.15) is 53.4 Å². The molecule has 1 aliphatic carbocycles. The lowest BCUT2D eigenvalue weighted by Crippen LogP contribution is -2.48. The quantitative estimate of drug-likeness (QED) is 0.843. The fraction of sp³-hybridized carbons (Fsp3) is 0.875. The van der Waals surface area contributed by atoms with Crippen LogP contribution in [0.3, 0.4) is 0 Å². The second-order valence-corrected chi connectivity index (χ2v) is 6.64. The minimum absolute atomic E-state index is 0.0165. The van der Waals surface area contributed by atoms with Gasteiger partial charge in [-0.25, -0.2) is 4.79 Å². The highest BCUT2D eigenvalue weighted by Gasteiger charge is 2.38. The van der Waals surface area contributed by atoms with E-state index in [0.717, 1.165) is 12.8 Å². The first-order chi connectivity index (χ1) is 9.29. The first-order valence-electron chi connectivity index (χ1n) is 7.79. The van der Waals surface area contributed by atoms with E-state index in [4.69, 9.17) is 0 Å². The smallest absolute Gasteiger partial charge is 0.326 e. The van der Waals surface area contributed by atoms with Crippen LogP contribution in [0.2, 0.25) is 0 Å². The maximum Gasteiger partial charge on any atom is 0.326 e. The monoisotopic (exact) mass is 283 g/mol. The molecule has 0 spiro atoms. The fourth-order valence-corrected chi connectivity index (χ4v) is 3.52. The number of nitrogens with zero attached hydrogens (tertiary/aromatic N) is 1. The van der Waals surface area contributed by atoms with E-state index in [0.29, 0.717) is 24.2 Å². The molecule has 0 saturated heterocycles. The molecular formula is C16H29NO3. The number of likely N-dealkylation sites (N-methyl/N-ethyl adjacent to an activating group) is 1. The van der Waals surface area contributed by atoms with Crippen LogP contribution < -0.4 is 0 Å². The third kappa shape index (κ3) is 3.74. The topological polar surface area (TPSA) is 57.6 Å². The Labute approximate surface area is 122 Å². The molecule has 0 aliphatic heterocycles. The molecule has 1 saturated carbocycles. The van der Waals surface area contributed by atoms with Crippen molar-refractivity contribution < 1.29 is 14.7 Å². The number of amides is 1. The van der Waals surface area contributed by atoms with Gasteiger partial charge < -0.3 is 10.0 Å². The molecule has 20 heavy (non-hydrogen) atoms. The largest absolute Gasteiger partial charge is 0.480 e. The molecule has 0 heterocycles. The Bertz CT molecular complexity index is 354. The van der Waals surface area contributed by atoms with Crippen molar-refractivity contribution in [3.63, 3.8) is 0 Å². The van der Waals surface area contributed by atoms with Crippen LogP contribution in [-0.2, 0) is 9.59 Å². The maximum absolute atomic E-state index is 12.7. The SMILES string of the molecule is CC[C@H](C(=O)O)N(C)C(=O)[C@@H]1C[C@H](C)CC[C@H]1C(C)C. The standard InChI is InChI=1S/C16H29NO3/c1-6-14(16(19)20)17(5)15(18)13-9-11(4)7-8-12(13)10(2)3/h10-14H,6-9H2,1-5H3,(H,19,20)/t11-,12+,13-,14-/m1/s1.